The molecular weight excluding hydrogens is 807 g/mol. The SMILES string of the molecule is O=C1CCc2cc(c(O)c(OC3CCCC3)c2)Cc2ccc(CCO)c(c2)Cc2cc[nH]c2[N-]CC2=Cc3[n-]ccc3[C@H](C[C@]3(O)C=Cc4c(O)cccc4CC3)[C@@H]2C(=O)[C@H]1CCO. The fraction of sp³-hybridized carbons (Fsp3) is 0.396. The number of phenols is 2. The molecule has 5 aromatic rings. The summed E-state index contributed by atoms with van der Waals surface area (Å²) in [6, 6.07) is 19.2. The van der Waals surface area contributed by atoms with Crippen molar-refractivity contribution in [2.45, 2.75) is 101 Å². The van der Waals surface area contributed by atoms with Crippen LogP contribution < -0.4 is 9.72 Å². The number of hydrogen-bond donors (Lipinski definition) is 6. The van der Waals surface area contributed by atoms with Gasteiger partial charge in [-0.25, -0.2) is 0 Å². The lowest BCUT2D eigenvalue weighted by atomic mass is 9.67. The number of benzene rings is 3. The molecule has 334 valence electrons. The number of carbonyl (C=O) groups excluding carboxylic acids is 2. The van der Waals surface area contributed by atoms with Gasteiger partial charge in [-0.3, -0.25) is 9.59 Å². The highest BCUT2D eigenvalue weighted by Gasteiger charge is 2.43. The summed E-state index contributed by atoms with van der Waals surface area (Å²) >= 11 is 0. The normalized spacial score (nSPS) is 22.7. The number of aliphatic hydroxyl groups excluding tert-OH is 2. The van der Waals surface area contributed by atoms with Gasteiger partial charge in [0.1, 0.15) is 11.5 Å². The van der Waals surface area contributed by atoms with Crippen LogP contribution in [0, 0.1) is 11.8 Å². The first-order valence-corrected chi connectivity index (χ1v) is 22.9. The Bertz CT molecular complexity index is 2580. The summed E-state index contributed by atoms with van der Waals surface area (Å²) in [4.78, 5) is 38.0. The van der Waals surface area contributed by atoms with E-state index in [1.165, 1.54) is 0 Å². The molecule has 2 aromatic heterocycles. The Kier molecular flexibility index (Phi) is 12.7. The maximum absolute atomic E-state index is 15.4. The second-order valence-electron chi connectivity index (χ2n) is 18.2. The molecule has 0 amide bonds. The molecule has 4 aliphatic rings. The van der Waals surface area contributed by atoms with Gasteiger partial charge in [-0.1, -0.05) is 89.9 Å². The van der Waals surface area contributed by atoms with Crippen molar-refractivity contribution in [3.63, 3.8) is 0 Å². The van der Waals surface area contributed by atoms with Gasteiger partial charge in [0, 0.05) is 43.1 Å². The number of aryl methyl sites for hydroxylation is 2. The number of phenolic OH excluding ortho intramolecular Hbond substituents is 2. The number of fused-ring (bicyclic) bond motifs is 8. The molecule has 64 heavy (non-hydrogen) atoms. The van der Waals surface area contributed by atoms with E-state index in [0.29, 0.717) is 72.5 Å². The van der Waals surface area contributed by atoms with E-state index < -0.39 is 23.4 Å². The summed E-state index contributed by atoms with van der Waals surface area (Å²) in [6.07, 6.45) is 15.5. The molecule has 0 saturated heterocycles. The molecular formula is C53H57N3O8-2. The first-order chi connectivity index (χ1) is 31.1. The van der Waals surface area contributed by atoms with Crippen LogP contribution in [0.5, 0.6) is 17.2 Å². The van der Waals surface area contributed by atoms with Gasteiger partial charge < -0.3 is 45.6 Å². The molecule has 0 unspecified atom stereocenters. The first kappa shape index (κ1) is 43.4. The third kappa shape index (κ3) is 9.07. The maximum Gasteiger partial charge on any atom is 0.161 e. The summed E-state index contributed by atoms with van der Waals surface area (Å²) in [6.45, 7) is -0.273. The van der Waals surface area contributed by atoms with Gasteiger partial charge in [0.05, 0.1) is 17.6 Å². The van der Waals surface area contributed by atoms with Gasteiger partial charge >= 0.3 is 0 Å². The number of nitrogens with one attached hydrogen (secondary N) is 1. The van der Waals surface area contributed by atoms with Gasteiger partial charge in [0.2, 0.25) is 0 Å². The number of H-pyrrole nitrogens is 1. The van der Waals surface area contributed by atoms with Crippen LogP contribution in [0.4, 0.5) is 5.82 Å². The van der Waals surface area contributed by atoms with Crippen LogP contribution >= 0.6 is 0 Å². The van der Waals surface area contributed by atoms with Gasteiger partial charge in [0.25, 0.3) is 0 Å². The average molecular weight is 864 g/mol. The molecule has 11 heteroatoms. The number of aromatic nitrogens is 2. The van der Waals surface area contributed by atoms with Crippen molar-refractivity contribution in [1.82, 2.24) is 9.97 Å². The molecule has 4 atom stereocenters. The van der Waals surface area contributed by atoms with Crippen molar-refractivity contribution in [3.8, 4) is 17.2 Å². The zero-order valence-corrected chi connectivity index (χ0v) is 36.1. The number of ether oxygens (including phenoxy) is 1. The highest BCUT2D eigenvalue weighted by molar-refractivity contribution is 6.05. The number of Topliss-reactive ketones (excluding diaryl/α,β-unsaturated/α-hetero) is 2. The van der Waals surface area contributed by atoms with E-state index in [1.807, 2.05) is 54.7 Å². The van der Waals surface area contributed by atoms with Crippen LogP contribution in [0.15, 0.2) is 84.7 Å². The van der Waals surface area contributed by atoms with Crippen LogP contribution in [0.1, 0.15) is 113 Å². The number of nitrogens with zero attached hydrogens (tertiary/aromatic N) is 2. The Morgan fingerprint density at radius 2 is 1.70 bits per heavy atom. The lowest BCUT2D eigenvalue weighted by molar-refractivity contribution is -0.135. The lowest BCUT2D eigenvalue weighted by Gasteiger charge is -2.40. The Labute approximate surface area is 373 Å². The number of carbonyl (C=O) groups is 2. The van der Waals surface area contributed by atoms with E-state index in [9.17, 15) is 30.3 Å². The van der Waals surface area contributed by atoms with Gasteiger partial charge in [-0.2, -0.15) is 6.20 Å². The van der Waals surface area contributed by atoms with Crippen molar-refractivity contribution in [3.05, 3.63) is 146 Å². The summed E-state index contributed by atoms with van der Waals surface area (Å²) in [5.41, 5.74) is 7.71. The van der Waals surface area contributed by atoms with Crippen LogP contribution in [-0.2, 0) is 41.7 Å². The van der Waals surface area contributed by atoms with Crippen molar-refractivity contribution in [2.75, 3.05) is 19.8 Å². The topological polar surface area (TPSA) is 189 Å². The molecule has 1 fully saturated rings. The average Bonchev–Trinajstić information content (AvgIpc) is 4.06. The molecule has 1 saturated carbocycles. The Balaban J connectivity index is 1.13. The van der Waals surface area contributed by atoms with Crippen LogP contribution in [-0.4, -0.2) is 73.5 Å². The van der Waals surface area contributed by atoms with E-state index >= 15 is 4.79 Å². The van der Waals surface area contributed by atoms with E-state index in [4.69, 9.17) is 10.1 Å². The predicted molar refractivity (Wildman–Crippen MR) is 245 cm³/mol. The molecule has 4 bridgehead atoms. The third-order valence-electron chi connectivity index (χ3n) is 14.0. The number of aliphatic hydroxyl groups is 3. The monoisotopic (exact) mass is 863 g/mol. The van der Waals surface area contributed by atoms with E-state index in [0.717, 1.165) is 64.6 Å². The fourth-order valence-corrected chi connectivity index (χ4v) is 10.6. The molecule has 0 spiro atoms. The zero-order chi connectivity index (χ0) is 44.4. The lowest BCUT2D eigenvalue weighted by Crippen LogP contribution is -2.40. The Morgan fingerprint density at radius 1 is 0.859 bits per heavy atom. The molecule has 3 heterocycles. The number of ketones is 2. The smallest absolute Gasteiger partial charge is 0.161 e. The molecule has 3 aromatic carbocycles. The van der Waals surface area contributed by atoms with Gasteiger partial charge in [-0.15, -0.1) is 5.69 Å². The number of rotatable bonds is 8. The Morgan fingerprint density at radius 3 is 2.53 bits per heavy atom. The number of aromatic hydroxyl groups is 2. The summed E-state index contributed by atoms with van der Waals surface area (Å²) < 4.78 is 6.44. The zero-order valence-electron chi connectivity index (χ0n) is 36.1. The summed E-state index contributed by atoms with van der Waals surface area (Å²) in [5, 5.41) is 60.4. The number of hydrogen-bond acceptors (Lipinski definition) is 8. The molecule has 1 aliphatic heterocycles. The predicted octanol–water partition coefficient (Wildman–Crippen LogP) is 8.09. The summed E-state index contributed by atoms with van der Waals surface area (Å²) in [7, 11) is 0. The fourth-order valence-electron chi connectivity index (χ4n) is 10.6. The minimum atomic E-state index is -1.38. The van der Waals surface area contributed by atoms with E-state index in [1.54, 1.807) is 30.5 Å². The van der Waals surface area contributed by atoms with Crippen molar-refractivity contribution in [1.29, 1.82) is 0 Å². The minimum absolute atomic E-state index is 0.0137. The second kappa shape index (κ2) is 18.7. The summed E-state index contributed by atoms with van der Waals surface area (Å²) in [5.74, 6) is -1.99. The second-order valence-corrected chi connectivity index (χ2v) is 18.2. The van der Waals surface area contributed by atoms with Gasteiger partial charge in [-0.05, 0) is 129 Å². The third-order valence-corrected chi connectivity index (χ3v) is 14.0. The molecule has 0 radical (unpaired) electrons. The molecule has 11 nitrogen and oxygen atoms in total. The minimum Gasteiger partial charge on any atom is -0.664 e. The van der Waals surface area contributed by atoms with E-state index in [-0.39, 0.29) is 68.2 Å². The van der Waals surface area contributed by atoms with Crippen LogP contribution in [0.2, 0.25) is 0 Å². The standard InChI is InChI=1S/C53H57N3O8/c57-22-16-34-10-8-32-24-37(34)28-36-14-20-55-52(36)56-31-39-29-45-42(15-21-54-45)44(30-53(63)18-12-35-4-3-7-46(59)41(35)13-19-53)49(39)51(62)43(17-23-58)47(60)11-9-33-26-38(25-32)50(61)48(27-33)64-40-5-1-2-6-40/h3-4,7-8,10,13-15,19-21,24,26-27,29,40,43-44,49,55,57-59,61,63H,1-2,5-6,9,11-12,16-18,22-23,25,28,30-31H2/q-2/t43-,44-,49+,53+/m0/s1. The molecule has 9 rings (SSSR count). The van der Waals surface area contributed by atoms with Gasteiger partial charge in [0.15, 0.2) is 17.3 Å². The maximum atomic E-state index is 15.4. The van der Waals surface area contributed by atoms with Crippen molar-refractivity contribution in [2.24, 2.45) is 11.8 Å². The van der Waals surface area contributed by atoms with Crippen LogP contribution in [0.3, 0.4) is 0 Å². The molecule has 6 N–H and O–H groups in total. The largest absolute Gasteiger partial charge is 0.664 e. The van der Waals surface area contributed by atoms with Crippen molar-refractivity contribution < 1.29 is 39.9 Å². The first-order valence-electron chi connectivity index (χ1n) is 22.9. The highest BCUT2D eigenvalue weighted by Crippen LogP contribution is 2.48. The quantitative estimate of drug-likeness (QED) is 0.0839. The highest BCUT2D eigenvalue weighted by atomic mass is 16.5. The Hall–Kier alpha value is -5.88. The van der Waals surface area contributed by atoms with Crippen molar-refractivity contribution >= 4 is 29.5 Å². The van der Waals surface area contributed by atoms with Crippen LogP contribution in [0.25, 0.3) is 17.5 Å². The molecule has 3 aliphatic carbocycles. The van der Waals surface area contributed by atoms with E-state index in [2.05, 4.69) is 16.0 Å². The number of aromatic amines is 1.